The van der Waals surface area contributed by atoms with Crippen molar-refractivity contribution in [1.29, 1.82) is 0 Å². The second-order valence-corrected chi connectivity index (χ2v) is 7.82. The third-order valence-electron chi connectivity index (χ3n) is 2.78. The molecule has 114 valence electrons. The summed E-state index contributed by atoms with van der Waals surface area (Å²) in [6.45, 7) is 6.45. The van der Waals surface area contributed by atoms with Crippen LogP contribution >= 0.6 is 0 Å². The molecule has 0 aliphatic rings. The van der Waals surface area contributed by atoms with E-state index in [9.17, 15) is 8.42 Å². The minimum atomic E-state index is -3.52. The number of methoxy groups -OCH3 is 1. The first kappa shape index (κ1) is 16.9. The summed E-state index contributed by atoms with van der Waals surface area (Å²) < 4.78 is 31.7. The summed E-state index contributed by atoms with van der Waals surface area (Å²) >= 11 is 0. The van der Waals surface area contributed by atoms with Crippen molar-refractivity contribution in [3.05, 3.63) is 24.3 Å². The van der Waals surface area contributed by atoms with Crippen LogP contribution in [-0.4, -0.2) is 28.1 Å². The second kappa shape index (κ2) is 6.56. The third kappa shape index (κ3) is 5.48. The molecule has 5 nitrogen and oxygen atoms in total. The van der Waals surface area contributed by atoms with Gasteiger partial charge in [0.1, 0.15) is 5.75 Å². The predicted octanol–water partition coefficient (Wildman–Crippen LogP) is 1.74. The van der Waals surface area contributed by atoms with E-state index in [0.717, 1.165) is 6.42 Å². The Labute approximate surface area is 121 Å². The summed E-state index contributed by atoms with van der Waals surface area (Å²) in [5.74, 6) is 0.619. The topological polar surface area (TPSA) is 81.4 Å². The number of ether oxygens (including phenoxy) is 1. The molecular weight excluding hydrogens is 276 g/mol. The van der Waals surface area contributed by atoms with E-state index in [1.165, 1.54) is 19.2 Å². The van der Waals surface area contributed by atoms with Crippen LogP contribution in [0.2, 0.25) is 0 Å². The van der Waals surface area contributed by atoms with Crippen LogP contribution in [0.25, 0.3) is 0 Å². The van der Waals surface area contributed by atoms with Crippen LogP contribution in [0, 0.1) is 5.41 Å². The van der Waals surface area contributed by atoms with Crippen molar-refractivity contribution in [3.8, 4) is 5.75 Å². The van der Waals surface area contributed by atoms with Gasteiger partial charge in [0.15, 0.2) is 0 Å². The Hall–Kier alpha value is -1.11. The van der Waals surface area contributed by atoms with Gasteiger partial charge in [0, 0.05) is 12.6 Å². The number of benzene rings is 1. The molecule has 1 rings (SSSR count). The minimum Gasteiger partial charge on any atom is -0.497 e. The quantitative estimate of drug-likeness (QED) is 0.838. The van der Waals surface area contributed by atoms with Crippen molar-refractivity contribution in [2.24, 2.45) is 11.1 Å². The van der Waals surface area contributed by atoms with Gasteiger partial charge in [-0.3, -0.25) is 0 Å². The Morgan fingerprint density at radius 2 is 1.80 bits per heavy atom. The zero-order chi connectivity index (χ0) is 15.4. The molecule has 6 heteroatoms. The number of hydrogen-bond donors (Lipinski definition) is 2. The molecule has 0 bridgehead atoms. The van der Waals surface area contributed by atoms with E-state index in [-0.39, 0.29) is 22.9 Å². The molecule has 1 atom stereocenters. The van der Waals surface area contributed by atoms with Gasteiger partial charge in [0.05, 0.1) is 12.0 Å². The Kier molecular flexibility index (Phi) is 5.56. The molecule has 20 heavy (non-hydrogen) atoms. The standard InChI is InChI=1S/C14H24N2O3S/c1-14(2,3)9-11(15)10-16-20(17,18)13-7-5-12(19-4)6-8-13/h5-8,11,16H,9-10,15H2,1-4H3. The van der Waals surface area contributed by atoms with E-state index < -0.39 is 10.0 Å². The first-order chi connectivity index (χ1) is 9.14. The third-order valence-corrected chi connectivity index (χ3v) is 4.22. The first-order valence-corrected chi connectivity index (χ1v) is 8.02. The minimum absolute atomic E-state index is 0.0744. The molecule has 0 radical (unpaired) electrons. The summed E-state index contributed by atoms with van der Waals surface area (Å²) in [6.07, 6.45) is 0.748. The van der Waals surface area contributed by atoms with E-state index >= 15 is 0 Å². The summed E-state index contributed by atoms with van der Waals surface area (Å²) in [6, 6.07) is 6.04. The van der Waals surface area contributed by atoms with Crippen LogP contribution in [0.1, 0.15) is 27.2 Å². The molecule has 0 aromatic heterocycles. The monoisotopic (exact) mass is 300 g/mol. The van der Waals surface area contributed by atoms with Gasteiger partial charge < -0.3 is 10.5 Å². The normalized spacial score (nSPS) is 14.1. The number of rotatable bonds is 6. The molecule has 1 unspecified atom stereocenters. The average molecular weight is 300 g/mol. The van der Waals surface area contributed by atoms with Crippen LogP contribution in [0.4, 0.5) is 0 Å². The van der Waals surface area contributed by atoms with Crippen molar-refractivity contribution in [2.75, 3.05) is 13.7 Å². The van der Waals surface area contributed by atoms with Crippen molar-refractivity contribution < 1.29 is 13.2 Å². The van der Waals surface area contributed by atoms with Gasteiger partial charge in [-0.1, -0.05) is 20.8 Å². The van der Waals surface area contributed by atoms with E-state index in [0.29, 0.717) is 5.75 Å². The molecule has 3 N–H and O–H groups in total. The molecule has 1 aromatic rings. The van der Waals surface area contributed by atoms with Crippen LogP contribution < -0.4 is 15.2 Å². The van der Waals surface area contributed by atoms with Crippen LogP contribution in [-0.2, 0) is 10.0 Å². The fourth-order valence-corrected chi connectivity index (χ4v) is 3.01. The first-order valence-electron chi connectivity index (χ1n) is 6.53. The zero-order valence-electron chi connectivity index (χ0n) is 12.5. The van der Waals surface area contributed by atoms with Gasteiger partial charge in [-0.15, -0.1) is 0 Å². The van der Waals surface area contributed by atoms with Crippen molar-refractivity contribution in [1.82, 2.24) is 4.72 Å². The highest BCUT2D eigenvalue weighted by molar-refractivity contribution is 7.89. The highest BCUT2D eigenvalue weighted by atomic mass is 32.2. The number of sulfonamides is 1. The number of nitrogens with two attached hydrogens (primary N) is 1. The van der Waals surface area contributed by atoms with Gasteiger partial charge in [0.2, 0.25) is 10.0 Å². The van der Waals surface area contributed by atoms with E-state index in [2.05, 4.69) is 25.5 Å². The molecule has 0 heterocycles. The van der Waals surface area contributed by atoms with Crippen molar-refractivity contribution >= 4 is 10.0 Å². The Balaban J connectivity index is 2.65. The fraction of sp³-hybridized carbons (Fsp3) is 0.571. The summed E-state index contributed by atoms with van der Waals surface area (Å²) in [4.78, 5) is 0.209. The van der Waals surface area contributed by atoms with E-state index in [1.807, 2.05) is 0 Å². The van der Waals surface area contributed by atoms with Gasteiger partial charge in [-0.25, -0.2) is 13.1 Å². The lowest BCUT2D eigenvalue weighted by atomic mass is 9.88. The lowest BCUT2D eigenvalue weighted by Crippen LogP contribution is -2.39. The Morgan fingerprint density at radius 3 is 2.25 bits per heavy atom. The molecule has 0 saturated carbocycles. The van der Waals surface area contributed by atoms with Crippen molar-refractivity contribution in [2.45, 2.75) is 38.1 Å². The molecule has 0 aliphatic heterocycles. The number of nitrogens with one attached hydrogen (secondary N) is 1. The highest BCUT2D eigenvalue weighted by Crippen LogP contribution is 2.20. The Bertz CT molecular complexity index is 518. The molecule has 0 spiro atoms. The maximum atomic E-state index is 12.1. The summed E-state index contributed by atoms with van der Waals surface area (Å²) in [5, 5.41) is 0. The van der Waals surface area contributed by atoms with Gasteiger partial charge in [-0.05, 0) is 36.1 Å². The summed E-state index contributed by atoms with van der Waals surface area (Å²) in [7, 11) is -1.99. The molecule has 0 amide bonds. The maximum Gasteiger partial charge on any atom is 0.240 e. The van der Waals surface area contributed by atoms with Crippen LogP contribution in [0.5, 0.6) is 5.75 Å². The van der Waals surface area contributed by atoms with Crippen molar-refractivity contribution in [3.63, 3.8) is 0 Å². The zero-order valence-corrected chi connectivity index (χ0v) is 13.3. The molecule has 1 aromatic carbocycles. The maximum absolute atomic E-state index is 12.1. The fourth-order valence-electron chi connectivity index (χ4n) is 1.91. The molecular formula is C14H24N2O3S. The molecule has 0 fully saturated rings. The molecule has 0 aliphatic carbocycles. The average Bonchev–Trinajstić information content (AvgIpc) is 2.35. The van der Waals surface area contributed by atoms with Gasteiger partial charge >= 0.3 is 0 Å². The SMILES string of the molecule is COc1ccc(S(=O)(=O)NCC(N)CC(C)(C)C)cc1. The lowest BCUT2D eigenvalue weighted by molar-refractivity contribution is 0.338. The van der Waals surface area contributed by atoms with Crippen LogP contribution in [0.3, 0.4) is 0 Å². The number of hydrogen-bond acceptors (Lipinski definition) is 4. The smallest absolute Gasteiger partial charge is 0.240 e. The van der Waals surface area contributed by atoms with Gasteiger partial charge in [-0.2, -0.15) is 0 Å². The second-order valence-electron chi connectivity index (χ2n) is 6.05. The Morgan fingerprint density at radius 1 is 1.25 bits per heavy atom. The van der Waals surface area contributed by atoms with E-state index in [1.54, 1.807) is 12.1 Å². The highest BCUT2D eigenvalue weighted by Gasteiger charge is 2.19. The molecule has 0 saturated heterocycles. The largest absolute Gasteiger partial charge is 0.497 e. The van der Waals surface area contributed by atoms with Gasteiger partial charge in [0.25, 0.3) is 0 Å². The predicted molar refractivity (Wildman–Crippen MR) is 80.2 cm³/mol. The van der Waals surface area contributed by atoms with Crippen LogP contribution in [0.15, 0.2) is 29.2 Å². The summed E-state index contributed by atoms with van der Waals surface area (Å²) in [5.41, 5.74) is 6.02. The van der Waals surface area contributed by atoms with E-state index in [4.69, 9.17) is 10.5 Å². The lowest BCUT2D eigenvalue weighted by Gasteiger charge is -2.23.